The molecule has 15 heavy (non-hydrogen) atoms. The minimum atomic E-state index is -0.767. The first-order chi connectivity index (χ1) is 7.36. The predicted molar refractivity (Wildman–Crippen MR) is 56.8 cm³/mol. The number of para-hydroxylation sites is 1. The molecule has 5 heteroatoms. The summed E-state index contributed by atoms with van der Waals surface area (Å²) in [6.07, 6.45) is -0.767. The second kappa shape index (κ2) is 4.86. The quantitative estimate of drug-likeness (QED) is 0.854. The summed E-state index contributed by atoms with van der Waals surface area (Å²) in [6, 6.07) is 9.33. The van der Waals surface area contributed by atoms with Crippen molar-refractivity contribution in [1.82, 2.24) is 9.36 Å². The Morgan fingerprint density at radius 1 is 1.33 bits per heavy atom. The second-order valence-electron chi connectivity index (χ2n) is 2.93. The van der Waals surface area contributed by atoms with Crippen LogP contribution in [0.4, 0.5) is 0 Å². The zero-order chi connectivity index (χ0) is 10.5. The number of hydrogen-bond donors (Lipinski definition) is 1. The molecule has 0 aliphatic rings. The van der Waals surface area contributed by atoms with Gasteiger partial charge < -0.3 is 9.84 Å². The Balaban J connectivity index is 1.89. The summed E-state index contributed by atoms with van der Waals surface area (Å²) in [7, 11) is 0. The molecule has 1 atom stereocenters. The van der Waals surface area contributed by atoms with Gasteiger partial charge in [-0.2, -0.15) is 4.37 Å². The monoisotopic (exact) mass is 222 g/mol. The van der Waals surface area contributed by atoms with E-state index in [0.29, 0.717) is 5.82 Å². The van der Waals surface area contributed by atoms with Crippen molar-refractivity contribution in [2.75, 3.05) is 6.61 Å². The summed E-state index contributed by atoms with van der Waals surface area (Å²) in [4.78, 5) is 3.91. The second-order valence-corrected chi connectivity index (χ2v) is 3.53. The van der Waals surface area contributed by atoms with E-state index >= 15 is 0 Å². The first-order valence-corrected chi connectivity index (χ1v) is 5.32. The smallest absolute Gasteiger partial charge is 0.174 e. The molecule has 0 spiro atoms. The molecule has 0 saturated heterocycles. The average molecular weight is 222 g/mol. The Morgan fingerprint density at radius 2 is 2.13 bits per heavy atom. The summed E-state index contributed by atoms with van der Waals surface area (Å²) in [5.41, 5.74) is 1.58. The van der Waals surface area contributed by atoms with E-state index < -0.39 is 6.10 Å². The minimum Gasteiger partial charge on any atom is -0.490 e. The van der Waals surface area contributed by atoms with Gasteiger partial charge in [0.2, 0.25) is 0 Å². The highest BCUT2D eigenvalue weighted by atomic mass is 32.1. The lowest BCUT2D eigenvalue weighted by molar-refractivity contribution is 0.102. The minimum absolute atomic E-state index is 0.167. The highest BCUT2D eigenvalue weighted by Gasteiger charge is 2.11. The topological polar surface area (TPSA) is 55.2 Å². The standard InChI is InChI=1S/C10H10N2O2S/c13-9(10-11-7-15-12-10)6-14-8-4-2-1-3-5-8/h1-5,7,9,13H,6H2. The first kappa shape index (κ1) is 10.1. The van der Waals surface area contributed by atoms with Crippen LogP contribution in [0.3, 0.4) is 0 Å². The fraction of sp³-hybridized carbons (Fsp3) is 0.200. The van der Waals surface area contributed by atoms with Crippen LogP contribution in [-0.2, 0) is 0 Å². The van der Waals surface area contributed by atoms with Gasteiger partial charge in [0.25, 0.3) is 0 Å². The number of rotatable bonds is 4. The maximum absolute atomic E-state index is 9.63. The molecule has 1 aromatic carbocycles. The molecular weight excluding hydrogens is 212 g/mol. The van der Waals surface area contributed by atoms with Crippen LogP contribution in [0.15, 0.2) is 35.8 Å². The third-order valence-electron chi connectivity index (χ3n) is 1.83. The first-order valence-electron chi connectivity index (χ1n) is 4.48. The van der Waals surface area contributed by atoms with Crippen molar-refractivity contribution in [1.29, 1.82) is 0 Å². The van der Waals surface area contributed by atoms with Crippen LogP contribution >= 0.6 is 11.5 Å². The number of ether oxygens (including phenoxy) is 1. The molecular formula is C10H10N2O2S. The van der Waals surface area contributed by atoms with Crippen molar-refractivity contribution in [2.45, 2.75) is 6.10 Å². The van der Waals surface area contributed by atoms with Crippen molar-refractivity contribution < 1.29 is 9.84 Å². The summed E-state index contributed by atoms with van der Waals surface area (Å²) in [5, 5.41) is 9.63. The Hall–Kier alpha value is -1.46. The van der Waals surface area contributed by atoms with Crippen molar-refractivity contribution in [3.05, 3.63) is 41.7 Å². The highest BCUT2D eigenvalue weighted by molar-refractivity contribution is 7.03. The largest absolute Gasteiger partial charge is 0.490 e. The molecule has 0 bridgehead atoms. The number of hydrogen-bond acceptors (Lipinski definition) is 5. The van der Waals surface area contributed by atoms with E-state index in [1.165, 1.54) is 11.5 Å². The molecule has 0 saturated carbocycles. The maximum atomic E-state index is 9.63. The summed E-state index contributed by atoms with van der Waals surface area (Å²) in [6.45, 7) is 0.167. The average Bonchev–Trinajstić information content (AvgIpc) is 2.81. The number of aromatic nitrogens is 2. The Labute approximate surface area is 91.3 Å². The number of benzene rings is 1. The van der Waals surface area contributed by atoms with Crippen LogP contribution in [-0.4, -0.2) is 21.1 Å². The Bertz CT molecular complexity index is 391. The van der Waals surface area contributed by atoms with Gasteiger partial charge in [0.05, 0.1) is 0 Å². The normalized spacial score (nSPS) is 12.3. The third kappa shape index (κ3) is 2.74. The van der Waals surface area contributed by atoms with Crippen LogP contribution < -0.4 is 4.74 Å². The van der Waals surface area contributed by atoms with E-state index in [4.69, 9.17) is 4.74 Å². The molecule has 4 nitrogen and oxygen atoms in total. The van der Waals surface area contributed by atoms with Crippen LogP contribution in [0.5, 0.6) is 5.75 Å². The summed E-state index contributed by atoms with van der Waals surface area (Å²) >= 11 is 1.21. The molecule has 1 N–H and O–H groups in total. The van der Waals surface area contributed by atoms with Crippen molar-refractivity contribution in [2.24, 2.45) is 0 Å². The van der Waals surface area contributed by atoms with Gasteiger partial charge in [-0.25, -0.2) is 4.98 Å². The molecule has 0 aliphatic heterocycles. The molecule has 0 amide bonds. The molecule has 0 aliphatic carbocycles. The van der Waals surface area contributed by atoms with Gasteiger partial charge in [0.15, 0.2) is 5.82 Å². The maximum Gasteiger partial charge on any atom is 0.174 e. The summed E-state index contributed by atoms with van der Waals surface area (Å²) < 4.78 is 9.30. The lowest BCUT2D eigenvalue weighted by atomic mass is 10.3. The van der Waals surface area contributed by atoms with Crippen molar-refractivity contribution in [3.63, 3.8) is 0 Å². The van der Waals surface area contributed by atoms with Gasteiger partial charge in [-0.3, -0.25) is 0 Å². The van der Waals surface area contributed by atoms with Crippen LogP contribution in [0.25, 0.3) is 0 Å². The molecule has 0 radical (unpaired) electrons. The van der Waals surface area contributed by atoms with Crippen molar-refractivity contribution >= 4 is 11.5 Å². The van der Waals surface area contributed by atoms with E-state index in [1.807, 2.05) is 30.3 Å². The summed E-state index contributed by atoms with van der Waals surface area (Å²) in [5.74, 6) is 1.14. The number of aliphatic hydroxyl groups is 1. The molecule has 1 aromatic heterocycles. The zero-order valence-corrected chi connectivity index (χ0v) is 8.72. The fourth-order valence-corrected chi connectivity index (χ4v) is 1.57. The Kier molecular flexibility index (Phi) is 3.26. The van der Waals surface area contributed by atoms with E-state index in [1.54, 1.807) is 5.51 Å². The highest BCUT2D eigenvalue weighted by Crippen LogP contribution is 2.13. The van der Waals surface area contributed by atoms with E-state index in [0.717, 1.165) is 5.75 Å². The molecule has 2 rings (SSSR count). The lowest BCUT2D eigenvalue weighted by Crippen LogP contribution is -2.10. The predicted octanol–water partition coefficient (Wildman–Crippen LogP) is 1.65. The third-order valence-corrected chi connectivity index (χ3v) is 2.32. The van der Waals surface area contributed by atoms with Crippen LogP contribution in [0.1, 0.15) is 11.9 Å². The Morgan fingerprint density at radius 3 is 2.80 bits per heavy atom. The molecule has 2 aromatic rings. The van der Waals surface area contributed by atoms with Gasteiger partial charge >= 0.3 is 0 Å². The van der Waals surface area contributed by atoms with Crippen LogP contribution in [0.2, 0.25) is 0 Å². The van der Waals surface area contributed by atoms with Crippen molar-refractivity contribution in [3.8, 4) is 5.75 Å². The van der Waals surface area contributed by atoms with E-state index in [-0.39, 0.29) is 6.61 Å². The van der Waals surface area contributed by atoms with Gasteiger partial charge in [-0.05, 0) is 23.7 Å². The van der Waals surface area contributed by atoms with Gasteiger partial charge in [-0.1, -0.05) is 18.2 Å². The molecule has 1 heterocycles. The molecule has 78 valence electrons. The molecule has 1 unspecified atom stereocenters. The van der Waals surface area contributed by atoms with Gasteiger partial charge in [-0.15, -0.1) is 0 Å². The zero-order valence-electron chi connectivity index (χ0n) is 7.91. The molecule has 0 fully saturated rings. The van der Waals surface area contributed by atoms with Gasteiger partial charge in [0.1, 0.15) is 24.0 Å². The van der Waals surface area contributed by atoms with E-state index in [9.17, 15) is 5.11 Å². The SMILES string of the molecule is OC(COc1ccccc1)c1ncsn1. The number of aliphatic hydroxyl groups excluding tert-OH is 1. The van der Waals surface area contributed by atoms with Crippen LogP contribution in [0, 0.1) is 0 Å². The van der Waals surface area contributed by atoms with Gasteiger partial charge in [0, 0.05) is 0 Å². The number of nitrogens with zero attached hydrogens (tertiary/aromatic N) is 2. The fourth-order valence-electron chi connectivity index (χ4n) is 1.09. The lowest BCUT2D eigenvalue weighted by Gasteiger charge is -2.08. The van der Waals surface area contributed by atoms with E-state index in [2.05, 4.69) is 9.36 Å².